The van der Waals surface area contributed by atoms with E-state index >= 15 is 0 Å². The van der Waals surface area contributed by atoms with Gasteiger partial charge in [0.1, 0.15) is 0 Å². The van der Waals surface area contributed by atoms with Crippen molar-refractivity contribution in [1.29, 1.82) is 0 Å². The second-order valence-corrected chi connectivity index (χ2v) is 5.13. The Morgan fingerprint density at radius 2 is 2.11 bits per heavy atom. The van der Waals surface area contributed by atoms with Crippen molar-refractivity contribution in [3.63, 3.8) is 0 Å². The van der Waals surface area contributed by atoms with Gasteiger partial charge in [0.15, 0.2) is 11.5 Å². The van der Waals surface area contributed by atoms with Crippen LogP contribution in [0.2, 0.25) is 0 Å². The topological polar surface area (TPSA) is 53.7 Å². The van der Waals surface area contributed by atoms with E-state index < -0.39 is 0 Å². The minimum atomic E-state index is 0.162. The standard InChI is InChI=1S/C14H21NO3/c1-9(2)4-11(15)5-10-6-12(16-3)14-13(7-10)17-8-18-14/h6-7,9,11H,4-5,8,15H2,1-3H3. The van der Waals surface area contributed by atoms with Crippen molar-refractivity contribution in [3.8, 4) is 17.2 Å². The molecule has 0 aliphatic carbocycles. The smallest absolute Gasteiger partial charge is 0.231 e. The molecule has 0 amide bonds. The molecule has 2 N–H and O–H groups in total. The third-order valence-electron chi connectivity index (χ3n) is 2.99. The zero-order valence-electron chi connectivity index (χ0n) is 11.2. The highest BCUT2D eigenvalue weighted by Crippen LogP contribution is 2.42. The zero-order valence-corrected chi connectivity index (χ0v) is 11.2. The summed E-state index contributed by atoms with van der Waals surface area (Å²) in [5.74, 6) is 2.77. The number of methoxy groups -OCH3 is 1. The highest BCUT2D eigenvalue weighted by atomic mass is 16.7. The summed E-state index contributed by atoms with van der Waals surface area (Å²) < 4.78 is 16.1. The Morgan fingerprint density at radius 1 is 1.33 bits per heavy atom. The predicted molar refractivity (Wildman–Crippen MR) is 70.3 cm³/mol. The molecule has 18 heavy (non-hydrogen) atoms. The van der Waals surface area contributed by atoms with Gasteiger partial charge < -0.3 is 19.9 Å². The van der Waals surface area contributed by atoms with Gasteiger partial charge in [-0.3, -0.25) is 0 Å². The third-order valence-corrected chi connectivity index (χ3v) is 2.99. The average molecular weight is 251 g/mol. The molecule has 1 aromatic carbocycles. The molecule has 0 radical (unpaired) electrons. The van der Waals surface area contributed by atoms with Crippen molar-refractivity contribution >= 4 is 0 Å². The molecule has 1 aliphatic rings. The molecule has 0 fully saturated rings. The lowest BCUT2D eigenvalue weighted by Crippen LogP contribution is -2.24. The third kappa shape index (κ3) is 2.88. The van der Waals surface area contributed by atoms with Crippen LogP contribution in [0, 0.1) is 5.92 Å². The summed E-state index contributed by atoms with van der Waals surface area (Å²) in [6.45, 7) is 4.62. The van der Waals surface area contributed by atoms with Gasteiger partial charge in [0.2, 0.25) is 12.5 Å². The molecule has 0 spiro atoms. The van der Waals surface area contributed by atoms with E-state index in [1.165, 1.54) is 0 Å². The molecule has 0 bridgehead atoms. The lowest BCUT2D eigenvalue weighted by atomic mass is 9.97. The van der Waals surface area contributed by atoms with Crippen LogP contribution in [0.3, 0.4) is 0 Å². The summed E-state index contributed by atoms with van der Waals surface area (Å²) >= 11 is 0. The van der Waals surface area contributed by atoms with Crippen LogP contribution in [0.1, 0.15) is 25.8 Å². The quantitative estimate of drug-likeness (QED) is 0.872. The predicted octanol–water partition coefficient (Wildman–Crippen LogP) is 2.34. The van der Waals surface area contributed by atoms with Crippen molar-refractivity contribution in [2.45, 2.75) is 32.7 Å². The van der Waals surface area contributed by atoms with Crippen molar-refractivity contribution in [1.82, 2.24) is 0 Å². The van der Waals surface area contributed by atoms with E-state index in [0.717, 1.165) is 29.9 Å². The van der Waals surface area contributed by atoms with E-state index in [1.807, 2.05) is 12.1 Å². The first-order valence-electron chi connectivity index (χ1n) is 6.32. The molecule has 0 saturated carbocycles. The molecule has 4 heteroatoms. The lowest BCUT2D eigenvalue weighted by Gasteiger charge is -2.15. The number of hydrogen-bond acceptors (Lipinski definition) is 4. The molecule has 4 nitrogen and oxygen atoms in total. The summed E-state index contributed by atoms with van der Waals surface area (Å²) in [5, 5.41) is 0. The molecule has 1 unspecified atom stereocenters. The molecule has 100 valence electrons. The Hall–Kier alpha value is -1.42. The van der Waals surface area contributed by atoms with Gasteiger partial charge in [-0.15, -0.1) is 0 Å². The maximum atomic E-state index is 6.13. The summed E-state index contributed by atoms with van der Waals surface area (Å²) in [6.07, 6.45) is 1.84. The Labute approximate surface area is 108 Å². The fourth-order valence-electron chi connectivity index (χ4n) is 2.29. The molecule has 0 saturated heterocycles. The van der Waals surface area contributed by atoms with Gasteiger partial charge in [0.05, 0.1) is 7.11 Å². The minimum absolute atomic E-state index is 0.162. The van der Waals surface area contributed by atoms with E-state index in [0.29, 0.717) is 11.7 Å². The van der Waals surface area contributed by atoms with Gasteiger partial charge in [-0.05, 0) is 36.5 Å². The fraction of sp³-hybridized carbons (Fsp3) is 0.571. The van der Waals surface area contributed by atoms with Crippen molar-refractivity contribution in [3.05, 3.63) is 17.7 Å². The second kappa shape index (κ2) is 5.48. The second-order valence-electron chi connectivity index (χ2n) is 5.13. The number of benzene rings is 1. The highest BCUT2D eigenvalue weighted by Gasteiger charge is 2.20. The summed E-state index contributed by atoms with van der Waals surface area (Å²) in [7, 11) is 1.63. The molecule has 2 rings (SSSR count). The number of nitrogens with two attached hydrogens (primary N) is 1. The van der Waals surface area contributed by atoms with Crippen LogP contribution in [0.5, 0.6) is 17.2 Å². The molecule has 1 heterocycles. The van der Waals surface area contributed by atoms with Crippen LogP contribution in [-0.2, 0) is 6.42 Å². The first kappa shape index (κ1) is 13.0. The van der Waals surface area contributed by atoms with Crippen LogP contribution in [-0.4, -0.2) is 19.9 Å². The normalized spacial score (nSPS) is 14.9. The minimum Gasteiger partial charge on any atom is -0.493 e. The average Bonchev–Trinajstić information content (AvgIpc) is 2.74. The van der Waals surface area contributed by atoms with Gasteiger partial charge >= 0.3 is 0 Å². The van der Waals surface area contributed by atoms with Gasteiger partial charge in [-0.2, -0.15) is 0 Å². The molecular weight excluding hydrogens is 230 g/mol. The Bertz CT molecular complexity index is 418. The van der Waals surface area contributed by atoms with E-state index in [-0.39, 0.29) is 12.8 Å². The Kier molecular flexibility index (Phi) is 3.97. The Balaban J connectivity index is 2.14. The van der Waals surface area contributed by atoms with E-state index in [2.05, 4.69) is 13.8 Å². The van der Waals surface area contributed by atoms with Crippen molar-refractivity contribution in [2.24, 2.45) is 11.7 Å². The Morgan fingerprint density at radius 3 is 2.78 bits per heavy atom. The summed E-state index contributed by atoms with van der Waals surface area (Å²) in [6, 6.07) is 4.13. The molecule has 1 aliphatic heterocycles. The van der Waals surface area contributed by atoms with E-state index in [1.54, 1.807) is 7.11 Å². The van der Waals surface area contributed by atoms with Crippen LogP contribution in [0.4, 0.5) is 0 Å². The van der Waals surface area contributed by atoms with Crippen LogP contribution >= 0.6 is 0 Å². The van der Waals surface area contributed by atoms with Crippen LogP contribution in [0.25, 0.3) is 0 Å². The molecule has 1 atom stereocenters. The van der Waals surface area contributed by atoms with Crippen molar-refractivity contribution in [2.75, 3.05) is 13.9 Å². The van der Waals surface area contributed by atoms with Crippen LogP contribution in [0.15, 0.2) is 12.1 Å². The lowest BCUT2D eigenvalue weighted by molar-refractivity contribution is 0.171. The number of rotatable bonds is 5. The maximum Gasteiger partial charge on any atom is 0.231 e. The number of ether oxygens (including phenoxy) is 3. The molecule has 1 aromatic rings. The largest absolute Gasteiger partial charge is 0.493 e. The molecular formula is C14H21NO3. The molecule has 0 aromatic heterocycles. The maximum absolute atomic E-state index is 6.13. The first-order valence-corrected chi connectivity index (χ1v) is 6.32. The number of hydrogen-bond donors (Lipinski definition) is 1. The number of fused-ring (bicyclic) bond motifs is 1. The monoisotopic (exact) mass is 251 g/mol. The highest BCUT2D eigenvalue weighted by molar-refractivity contribution is 5.55. The van der Waals surface area contributed by atoms with Crippen LogP contribution < -0.4 is 19.9 Å². The van der Waals surface area contributed by atoms with Gasteiger partial charge in [0.25, 0.3) is 0 Å². The van der Waals surface area contributed by atoms with Gasteiger partial charge in [0, 0.05) is 6.04 Å². The summed E-state index contributed by atoms with van der Waals surface area (Å²) in [5.41, 5.74) is 7.26. The first-order chi connectivity index (χ1) is 8.60. The van der Waals surface area contributed by atoms with E-state index in [9.17, 15) is 0 Å². The SMILES string of the molecule is COc1cc(CC(N)CC(C)C)cc2c1OCO2. The van der Waals surface area contributed by atoms with E-state index in [4.69, 9.17) is 19.9 Å². The fourth-order valence-corrected chi connectivity index (χ4v) is 2.29. The summed E-state index contributed by atoms with van der Waals surface area (Å²) in [4.78, 5) is 0. The van der Waals surface area contributed by atoms with Crippen molar-refractivity contribution < 1.29 is 14.2 Å². The zero-order chi connectivity index (χ0) is 13.1. The van der Waals surface area contributed by atoms with Gasteiger partial charge in [-0.25, -0.2) is 0 Å². The van der Waals surface area contributed by atoms with Gasteiger partial charge in [-0.1, -0.05) is 13.8 Å².